The Morgan fingerprint density at radius 2 is 1.90 bits per heavy atom. The summed E-state index contributed by atoms with van der Waals surface area (Å²) in [4.78, 5) is 15.9. The van der Waals surface area contributed by atoms with Gasteiger partial charge in [0.1, 0.15) is 5.82 Å². The van der Waals surface area contributed by atoms with Crippen LogP contribution in [0.4, 0.5) is 11.5 Å². The number of aryl methyl sites for hydroxylation is 1. The molecular weight excluding hydrogens is 252 g/mol. The highest BCUT2D eigenvalue weighted by molar-refractivity contribution is 5.77. The van der Waals surface area contributed by atoms with Gasteiger partial charge in [0.05, 0.1) is 13.0 Å². The van der Waals surface area contributed by atoms with Crippen LogP contribution in [0.1, 0.15) is 24.1 Å². The van der Waals surface area contributed by atoms with Gasteiger partial charge in [0.15, 0.2) is 0 Å². The van der Waals surface area contributed by atoms with Crippen LogP contribution in [0.3, 0.4) is 0 Å². The van der Waals surface area contributed by atoms with Gasteiger partial charge in [0.25, 0.3) is 0 Å². The summed E-state index contributed by atoms with van der Waals surface area (Å²) in [5, 5.41) is 3.23. The largest absolute Gasteiger partial charge is 0.469 e. The number of esters is 1. The van der Waals surface area contributed by atoms with Crippen molar-refractivity contribution in [1.29, 1.82) is 0 Å². The van der Waals surface area contributed by atoms with Crippen LogP contribution in [0, 0.1) is 6.92 Å². The summed E-state index contributed by atoms with van der Waals surface area (Å²) in [6, 6.07) is 13.5. The Morgan fingerprint density at radius 3 is 2.50 bits per heavy atom. The van der Waals surface area contributed by atoms with Crippen LogP contribution in [0.25, 0.3) is 0 Å². The molecule has 0 aliphatic heterocycles. The molecule has 4 nitrogen and oxygen atoms in total. The Kier molecular flexibility index (Phi) is 4.35. The van der Waals surface area contributed by atoms with E-state index in [-0.39, 0.29) is 11.9 Å². The van der Waals surface area contributed by atoms with Gasteiger partial charge < -0.3 is 10.1 Å². The van der Waals surface area contributed by atoms with Gasteiger partial charge in [0.2, 0.25) is 0 Å². The van der Waals surface area contributed by atoms with E-state index in [1.165, 1.54) is 7.11 Å². The molecule has 0 amide bonds. The van der Waals surface area contributed by atoms with Crippen molar-refractivity contribution in [2.75, 3.05) is 12.4 Å². The van der Waals surface area contributed by atoms with Crippen molar-refractivity contribution in [3.05, 3.63) is 53.7 Å². The summed E-state index contributed by atoms with van der Waals surface area (Å²) >= 11 is 0. The van der Waals surface area contributed by atoms with Gasteiger partial charge in [-0.2, -0.15) is 0 Å². The Bertz CT molecular complexity index is 594. The minimum Gasteiger partial charge on any atom is -0.469 e. The number of nitrogens with one attached hydrogen (secondary N) is 1. The van der Waals surface area contributed by atoms with E-state index in [0.29, 0.717) is 0 Å². The summed E-state index contributed by atoms with van der Waals surface area (Å²) in [5.41, 5.74) is 2.83. The number of carbonyl (C=O) groups is 1. The molecule has 4 heteroatoms. The van der Waals surface area contributed by atoms with Crippen LogP contribution in [0.5, 0.6) is 0 Å². The number of hydrogen-bond acceptors (Lipinski definition) is 4. The molecule has 0 radical (unpaired) electrons. The smallest absolute Gasteiger partial charge is 0.312 e. The number of ether oxygens (including phenoxy) is 1. The summed E-state index contributed by atoms with van der Waals surface area (Å²) in [6.07, 6.45) is 0. The van der Waals surface area contributed by atoms with E-state index in [1.807, 2.05) is 56.3 Å². The molecule has 0 unspecified atom stereocenters. The topological polar surface area (TPSA) is 51.2 Å². The molecule has 1 aromatic carbocycles. The van der Waals surface area contributed by atoms with E-state index in [1.54, 1.807) is 0 Å². The highest BCUT2D eigenvalue weighted by Crippen LogP contribution is 2.21. The summed E-state index contributed by atoms with van der Waals surface area (Å²) in [5.74, 6) is 0.316. The van der Waals surface area contributed by atoms with Crippen molar-refractivity contribution in [2.24, 2.45) is 0 Å². The van der Waals surface area contributed by atoms with Crippen LogP contribution in [0.2, 0.25) is 0 Å². The van der Waals surface area contributed by atoms with Crippen molar-refractivity contribution in [3.8, 4) is 0 Å². The molecule has 1 aromatic heterocycles. The number of hydrogen-bond donors (Lipinski definition) is 1. The lowest BCUT2D eigenvalue weighted by atomic mass is 10.0. The zero-order valence-electron chi connectivity index (χ0n) is 11.9. The highest BCUT2D eigenvalue weighted by atomic mass is 16.5. The fourth-order valence-electron chi connectivity index (χ4n) is 1.93. The van der Waals surface area contributed by atoms with Crippen LogP contribution in [0.15, 0.2) is 42.5 Å². The first-order valence-corrected chi connectivity index (χ1v) is 6.48. The maximum Gasteiger partial charge on any atom is 0.312 e. The standard InChI is InChI=1S/C16H18N2O2/c1-11-5-4-6-15(17-11)18-14-9-7-13(8-10-14)12(2)16(19)20-3/h4-10,12H,1-3H3,(H,17,18)/t12-/m1/s1. The first-order valence-electron chi connectivity index (χ1n) is 6.48. The van der Waals surface area contributed by atoms with Gasteiger partial charge in [-0.15, -0.1) is 0 Å². The molecule has 0 aliphatic carbocycles. The third-order valence-electron chi connectivity index (χ3n) is 3.13. The fraction of sp³-hybridized carbons (Fsp3) is 0.250. The van der Waals surface area contributed by atoms with E-state index < -0.39 is 0 Å². The maximum absolute atomic E-state index is 11.5. The van der Waals surface area contributed by atoms with Crippen molar-refractivity contribution in [1.82, 2.24) is 4.98 Å². The van der Waals surface area contributed by atoms with E-state index in [4.69, 9.17) is 4.74 Å². The number of rotatable bonds is 4. The quantitative estimate of drug-likeness (QED) is 0.865. The van der Waals surface area contributed by atoms with E-state index in [2.05, 4.69) is 10.3 Å². The van der Waals surface area contributed by atoms with Crippen molar-refractivity contribution >= 4 is 17.5 Å². The number of nitrogens with zero attached hydrogens (tertiary/aromatic N) is 1. The van der Waals surface area contributed by atoms with Gasteiger partial charge in [-0.3, -0.25) is 4.79 Å². The first kappa shape index (κ1) is 14.1. The van der Waals surface area contributed by atoms with Crippen LogP contribution in [-0.4, -0.2) is 18.1 Å². The Labute approximate surface area is 118 Å². The second kappa shape index (κ2) is 6.19. The number of carbonyl (C=O) groups excluding carboxylic acids is 1. The molecule has 20 heavy (non-hydrogen) atoms. The molecule has 1 atom stereocenters. The molecule has 1 heterocycles. The van der Waals surface area contributed by atoms with Gasteiger partial charge in [-0.25, -0.2) is 4.98 Å². The van der Waals surface area contributed by atoms with Crippen LogP contribution in [-0.2, 0) is 9.53 Å². The second-order valence-corrected chi connectivity index (χ2v) is 4.66. The minimum atomic E-state index is -0.258. The molecule has 0 saturated heterocycles. The lowest BCUT2D eigenvalue weighted by Gasteiger charge is -2.11. The fourth-order valence-corrected chi connectivity index (χ4v) is 1.93. The highest BCUT2D eigenvalue weighted by Gasteiger charge is 2.15. The summed E-state index contributed by atoms with van der Waals surface area (Å²) in [7, 11) is 1.40. The zero-order valence-corrected chi connectivity index (χ0v) is 11.9. The lowest BCUT2D eigenvalue weighted by Crippen LogP contribution is -2.10. The molecule has 0 saturated carbocycles. The number of aromatic nitrogens is 1. The average molecular weight is 270 g/mol. The lowest BCUT2D eigenvalue weighted by molar-refractivity contribution is -0.141. The van der Waals surface area contributed by atoms with Gasteiger partial charge in [-0.1, -0.05) is 18.2 Å². The number of benzene rings is 1. The normalized spacial score (nSPS) is 11.8. The molecular formula is C16H18N2O2. The zero-order chi connectivity index (χ0) is 14.5. The average Bonchev–Trinajstić information content (AvgIpc) is 2.46. The Balaban J connectivity index is 2.10. The molecule has 1 N–H and O–H groups in total. The van der Waals surface area contributed by atoms with E-state index >= 15 is 0 Å². The van der Waals surface area contributed by atoms with Crippen molar-refractivity contribution in [3.63, 3.8) is 0 Å². The molecule has 2 aromatic rings. The minimum absolute atomic E-state index is 0.230. The summed E-state index contributed by atoms with van der Waals surface area (Å²) in [6.45, 7) is 3.78. The van der Waals surface area contributed by atoms with Gasteiger partial charge in [-0.05, 0) is 43.7 Å². The SMILES string of the molecule is COC(=O)[C@H](C)c1ccc(Nc2cccc(C)n2)cc1. The number of anilines is 2. The second-order valence-electron chi connectivity index (χ2n) is 4.66. The molecule has 0 bridgehead atoms. The summed E-state index contributed by atoms with van der Waals surface area (Å²) < 4.78 is 4.74. The van der Waals surface area contributed by atoms with Gasteiger partial charge in [0, 0.05) is 11.4 Å². The van der Waals surface area contributed by atoms with Gasteiger partial charge >= 0.3 is 5.97 Å². The molecule has 2 rings (SSSR count). The van der Waals surface area contributed by atoms with Crippen LogP contribution < -0.4 is 5.32 Å². The Hall–Kier alpha value is -2.36. The van der Waals surface area contributed by atoms with Crippen molar-refractivity contribution < 1.29 is 9.53 Å². The number of pyridine rings is 1. The van der Waals surface area contributed by atoms with Crippen molar-refractivity contribution in [2.45, 2.75) is 19.8 Å². The van der Waals surface area contributed by atoms with E-state index in [0.717, 1.165) is 22.8 Å². The predicted octanol–water partition coefficient (Wildman–Crippen LogP) is 3.41. The Morgan fingerprint density at radius 1 is 1.20 bits per heavy atom. The third kappa shape index (κ3) is 3.35. The number of methoxy groups -OCH3 is 1. The predicted molar refractivity (Wildman–Crippen MR) is 79.1 cm³/mol. The molecule has 0 aliphatic rings. The molecule has 104 valence electrons. The third-order valence-corrected chi connectivity index (χ3v) is 3.13. The molecule has 0 fully saturated rings. The van der Waals surface area contributed by atoms with E-state index in [9.17, 15) is 4.79 Å². The maximum atomic E-state index is 11.5. The monoisotopic (exact) mass is 270 g/mol. The molecule has 0 spiro atoms. The first-order chi connectivity index (χ1) is 9.60. The van der Waals surface area contributed by atoms with Crippen LogP contribution >= 0.6 is 0 Å².